The number of thioether (sulfide) groups is 1. The number of aryl methyl sites for hydroxylation is 2. The zero-order valence-corrected chi connectivity index (χ0v) is 23.8. The van der Waals surface area contributed by atoms with Crippen molar-refractivity contribution in [3.8, 4) is 11.8 Å². The first-order valence-electron chi connectivity index (χ1n) is 13.0. The van der Waals surface area contributed by atoms with E-state index >= 15 is 0 Å². The van der Waals surface area contributed by atoms with Crippen LogP contribution in [0.3, 0.4) is 0 Å². The highest BCUT2D eigenvalue weighted by Gasteiger charge is 2.35. The number of nitrogens with one attached hydrogen (secondary N) is 3. The second kappa shape index (κ2) is 13.0. The summed E-state index contributed by atoms with van der Waals surface area (Å²) in [5.74, 6) is -0.322. The number of carbonyl (C=O) groups is 2. The van der Waals surface area contributed by atoms with Gasteiger partial charge in [-0.15, -0.1) is 0 Å². The number of benzene rings is 3. The Morgan fingerprint density at radius 1 is 1.00 bits per heavy atom. The number of para-hydroxylation sites is 1. The van der Waals surface area contributed by atoms with Crippen LogP contribution >= 0.6 is 11.8 Å². The minimum Gasteiger partial charge on any atom is -0.494 e. The molecular weight excluding hydrogens is 520 g/mol. The summed E-state index contributed by atoms with van der Waals surface area (Å²) < 4.78 is 5.60. The molecule has 1 heterocycles. The van der Waals surface area contributed by atoms with Gasteiger partial charge in [0.05, 0.1) is 34.9 Å². The Labute approximate surface area is 239 Å². The van der Waals surface area contributed by atoms with Crippen molar-refractivity contribution in [2.75, 3.05) is 23.0 Å². The predicted octanol–water partition coefficient (Wildman–Crippen LogP) is 6.41. The van der Waals surface area contributed by atoms with Gasteiger partial charge in [0.1, 0.15) is 5.75 Å². The lowest BCUT2D eigenvalue weighted by Gasteiger charge is -2.30. The van der Waals surface area contributed by atoms with Crippen LogP contribution < -0.4 is 20.7 Å². The van der Waals surface area contributed by atoms with Gasteiger partial charge in [0, 0.05) is 22.6 Å². The fraction of sp³-hybridized carbons (Fsp3) is 0.219. The number of ether oxygens (including phenoxy) is 1. The molecule has 0 unspecified atom stereocenters. The normalized spacial score (nSPS) is 14.7. The third-order valence-corrected chi connectivity index (χ3v) is 7.47. The molecule has 1 aliphatic heterocycles. The van der Waals surface area contributed by atoms with E-state index in [0.29, 0.717) is 39.9 Å². The fourth-order valence-corrected chi connectivity index (χ4v) is 5.47. The number of dihydropyridines is 1. The second-order valence-corrected chi connectivity index (χ2v) is 10.4. The third-order valence-electron chi connectivity index (χ3n) is 6.45. The zero-order chi connectivity index (χ0) is 28.6. The Morgan fingerprint density at radius 3 is 2.38 bits per heavy atom. The van der Waals surface area contributed by atoms with Gasteiger partial charge in [-0.3, -0.25) is 9.59 Å². The molecule has 7 nitrogen and oxygen atoms in total. The van der Waals surface area contributed by atoms with Gasteiger partial charge in [-0.1, -0.05) is 59.8 Å². The van der Waals surface area contributed by atoms with Crippen molar-refractivity contribution in [1.82, 2.24) is 5.32 Å². The van der Waals surface area contributed by atoms with Crippen LogP contribution in [0.25, 0.3) is 0 Å². The predicted molar refractivity (Wildman–Crippen MR) is 161 cm³/mol. The van der Waals surface area contributed by atoms with Gasteiger partial charge in [-0.05, 0) is 69.2 Å². The van der Waals surface area contributed by atoms with E-state index in [2.05, 4.69) is 22.0 Å². The molecule has 0 saturated carbocycles. The molecule has 0 spiro atoms. The van der Waals surface area contributed by atoms with Crippen LogP contribution in [0.4, 0.5) is 11.4 Å². The summed E-state index contributed by atoms with van der Waals surface area (Å²) in [6.07, 6.45) is 0. The van der Waals surface area contributed by atoms with E-state index in [1.54, 1.807) is 0 Å². The topological polar surface area (TPSA) is 103 Å². The minimum atomic E-state index is -0.629. The van der Waals surface area contributed by atoms with E-state index in [9.17, 15) is 14.9 Å². The van der Waals surface area contributed by atoms with Crippen LogP contribution in [0, 0.1) is 25.2 Å². The number of rotatable bonds is 9. The van der Waals surface area contributed by atoms with Crippen LogP contribution in [0.2, 0.25) is 0 Å². The smallest absolute Gasteiger partial charge is 0.254 e. The molecule has 0 aliphatic carbocycles. The maximum absolute atomic E-state index is 13.6. The first kappa shape index (κ1) is 28.5. The molecule has 3 N–H and O–H groups in total. The SMILES string of the molecule is CCOc1ccc([C@@H]2C(C#N)=C(SCC(=O)Nc3ccc(C)cc3C)NC(C)=C2C(=O)Nc2ccccc2)cc1. The van der Waals surface area contributed by atoms with Crippen molar-refractivity contribution in [1.29, 1.82) is 5.26 Å². The van der Waals surface area contributed by atoms with Gasteiger partial charge in [0.15, 0.2) is 0 Å². The van der Waals surface area contributed by atoms with E-state index < -0.39 is 5.92 Å². The molecule has 3 aromatic rings. The molecule has 2 amide bonds. The molecule has 8 heteroatoms. The quantitative estimate of drug-likeness (QED) is 0.284. The first-order chi connectivity index (χ1) is 19.3. The molecule has 0 bridgehead atoms. The summed E-state index contributed by atoms with van der Waals surface area (Å²) in [7, 11) is 0. The van der Waals surface area contributed by atoms with Crippen LogP contribution in [0.5, 0.6) is 5.75 Å². The molecule has 1 aliphatic rings. The number of hydrogen-bond acceptors (Lipinski definition) is 6. The monoisotopic (exact) mass is 552 g/mol. The van der Waals surface area contributed by atoms with Gasteiger partial charge < -0.3 is 20.7 Å². The highest BCUT2D eigenvalue weighted by molar-refractivity contribution is 8.03. The summed E-state index contributed by atoms with van der Waals surface area (Å²) >= 11 is 1.24. The highest BCUT2D eigenvalue weighted by Crippen LogP contribution is 2.41. The highest BCUT2D eigenvalue weighted by atomic mass is 32.2. The van der Waals surface area contributed by atoms with E-state index in [0.717, 1.165) is 22.4 Å². The van der Waals surface area contributed by atoms with Gasteiger partial charge in [-0.25, -0.2) is 0 Å². The van der Waals surface area contributed by atoms with Crippen LogP contribution in [-0.2, 0) is 9.59 Å². The van der Waals surface area contributed by atoms with E-state index in [-0.39, 0.29) is 17.6 Å². The second-order valence-electron chi connectivity index (χ2n) is 9.43. The summed E-state index contributed by atoms with van der Waals surface area (Å²) in [5, 5.41) is 20.0. The zero-order valence-electron chi connectivity index (χ0n) is 23.0. The Balaban J connectivity index is 1.63. The van der Waals surface area contributed by atoms with E-state index in [1.807, 2.05) is 100 Å². The third kappa shape index (κ3) is 6.74. The Kier molecular flexibility index (Phi) is 9.31. The molecule has 0 fully saturated rings. The molecule has 40 heavy (non-hydrogen) atoms. The standard InChI is InChI=1S/C32H32N4O3S/c1-5-39-25-14-12-23(13-15-25)30-26(18-33)32(40-19-28(37)36-27-16-11-20(2)17-21(27)3)34-22(4)29(30)31(38)35-24-9-7-6-8-10-24/h6-17,30,34H,5,19H2,1-4H3,(H,35,38)(H,36,37)/t30-/m1/s1. The van der Waals surface area contributed by atoms with Gasteiger partial charge >= 0.3 is 0 Å². The lowest BCUT2D eigenvalue weighted by atomic mass is 9.82. The lowest BCUT2D eigenvalue weighted by Crippen LogP contribution is -2.31. The van der Waals surface area contributed by atoms with Crippen molar-refractivity contribution in [2.45, 2.75) is 33.6 Å². The summed E-state index contributed by atoms with van der Waals surface area (Å²) in [6, 6.07) is 24.8. The van der Waals surface area contributed by atoms with Crippen molar-refractivity contribution in [3.05, 3.63) is 111 Å². The first-order valence-corrected chi connectivity index (χ1v) is 14.0. The molecule has 0 aromatic heterocycles. The number of allylic oxidation sites excluding steroid dienone is 2. The number of amides is 2. The van der Waals surface area contributed by atoms with E-state index in [1.165, 1.54) is 11.8 Å². The number of anilines is 2. The van der Waals surface area contributed by atoms with Gasteiger partial charge in [-0.2, -0.15) is 5.26 Å². The summed E-state index contributed by atoms with van der Waals surface area (Å²) in [6.45, 7) is 8.21. The molecule has 3 aromatic carbocycles. The molecule has 0 saturated heterocycles. The van der Waals surface area contributed by atoms with Crippen LogP contribution in [0.1, 0.15) is 36.5 Å². The maximum Gasteiger partial charge on any atom is 0.254 e. The van der Waals surface area contributed by atoms with Crippen molar-refractivity contribution < 1.29 is 14.3 Å². The summed E-state index contributed by atoms with van der Waals surface area (Å²) in [5.41, 5.74) is 5.71. The molecule has 4 rings (SSSR count). The van der Waals surface area contributed by atoms with Gasteiger partial charge in [0.2, 0.25) is 5.91 Å². The van der Waals surface area contributed by atoms with Gasteiger partial charge in [0.25, 0.3) is 5.91 Å². The summed E-state index contributed by atoms with van der Waals surface area (Å²) in [4.78, 5) is 26.4. The lowest BCUT2D eigenvalue weighted by molar-refractivity contribution is -0.114. The Bertz CT molecular complexity index is 1510. The average Bonchev–Trinajstić information content (AvgIpc) is 2.94. The number of nitrogens with zero attached hydrogens (tertiary/aromatic N) is 1. The molecule has 0 radical (unpaired) electrons. The number of nitriles is 1. The van der Waals surface area contributed by atoms with Crippen LogP contribution in [0.15, 0.2) is 94.7 Å². The fourth-order valence-electron chi connectivity index (χ4n) is 4.58. The largest absolute Gasteiger partial charge is 0.494 e. The molecule has 204 valence electrons. The van der Waals surface area contributed by atoms with Crippen LogP contribution in [-0.4, -0.2) is 24.2 Å². The van der Waals surface area contributed by atoms with Crippen molar-refractivity contribution >= 4 is 35.0 Å². The van der Waals surface area contributed by atoms with E-state index in [4.69, 9.17) is 4.74 Å². The van der Waals surface area contributed by atoms with Crippen molar-refractivity contribution in [2.24, 2.45) is 0 Å². The Morgan fingerprint density at radius 2 is 1.73 bits per heavy atom. The molecule has 1 atom stereocenters. The molecular formula is C32H32N4O3S. The minimum absolute atomic E-state index is 0.0929. The number of carbonyl (C=O) groups excluding carboxylic acids is 2. The Hall–Kier alpha value is -4.48. The number of hydrogen-bond donors (Lipinski definition) is 3. The van der Waals surface area contributed by atoms with Crippen molar-refractivity contribution in [3.63, 3.8) is 0 Å². The average molecular weight is 553 g/mol. The maximum atomic E-state index is 13.6.